The molecule has 6 heteroatoms. The molecule has 0 N–H and O–H groups in total. The number of hydrogen-bond acceptors (Lipinski definition) is 4. The summed E-state index contributed by atoms with van der Waals surface area (Å²) in [4.78, 5) is 34.0. The highest BCUT2D eigenvalue weighted by molar-refractivity contribution is 7.09. The first-order chi connectivity index (χ1) is 11.6. The molecule has 1 saturated carbocycles. The number of aryl methyl sites for hydroxylation is 1. The molecule has 3 aliphatic rings. The van der Waals surface area contributed by atoms with Crippen LogP contribution in [0.2, 0.25) is 0 Å². The van der Waals surface area contributed by atoms with Gasteiger partial charge in [-0.3, -0.25) is 9.59 Å². The molecule has 1 aliphatic carbocycles. The van der Waals surface area contributed by atoms with E-state index in [0.29, 0.717) is 30.6 Å². The summed E-state index contributed by atoms with van der Waals surface area (Å²) in [5.74, 6) is 0.992. The van der Waals surface area contributed by atoms with Crippen molar-refractivity contribution in [3.63, 3.8) is 0 Å². The molecule has 5 nitrogen and oxygen atoms in total. The van der Waals surface area contributed by atoms with Crippen LogP contribution < -0.4 is 0 Å². The number of carbonyl (C=O) groups is 2. The monoisotopic (exact) mass is 347 g/mol. The summed E-state index contributed by atoms with van der Waals surface area (Å²) in [6.07, 6.45) is 6.65. The summed E-state index contributed by atoms with van der Waals surface area (Å²) in [7, 11) is 0. The Hall–Kier alpha value is -1.43. The number of rotatable bonds is 3. The average molecular weight is 347 g/mol. The van der Waals surface area contributed by atoms with Gasteiger partial charge in [0.05, 0.1) is 10.4 Å². The Balaban J connectivity index is 1.45. The standard InChI is InChI=1S/C18H25N3O2S/c1-13-19-15(11-24-13)16(22)21-9-7-18(12-21)6-3-8-20(17(18)23)10-14-4-2-5-14/h11,14H,2-10,12H2,1H3/t18-/m1/s1. The van der Waals surface area contributed by atoms with Crippen LogP contribution in [-0.4, -0.2) is 52.8 Å². The van der Waals surface area contributed by atoms with E-state index in [-0.39, 0.29) is 11.3 Å². The molecule has 3 fully saturated rings. The van der Waals surface area contributed by atoms with Gasteiger partial charge in [-0.25, -0.2) is 4.98 Å². The maximum absolute atomic E-state index is 13.1. The second-order valence-electron chi connectivity index (χ2n) is 7.66. The lowest BCUT2D eigenvalue weighted by molar-refractivity contribution is -0.146. The molecule has 0 unspecified atom stereocenters. The molecule has 0 aromatic carbocycles. The third kappa shape index (κ3) is 2.75. The van der Waals surface area contributed by atoms with Crippen LogP contribution >= 0.6 is 11.3 Å². The van der Waals surface area contributed by atoms with Gasteiger partial charge in [-0.15, -0.1) is 11.3 Å². The number of aromatic nitrogens is 1. The zero-order valence-corrected chi connectivity index (χ0v) is 15.1. The lowest BCUT2D eigenvalue weighted by Crippen LogP contribution is -2.52. The minimum Gasteiger partial charge on any atom is -0.342 e. The van der Waals surface area contributed by atoms with E-state index in [4.69, 9.17) is 0 Å². The normalized spacial score (nSPS) is 27.8. The fraction of sp³-hybridized carbons (Fsp3) is 0.722. The SMILES string of the molecule is Cc1nc(C(=O)N2CC[C@]3(CCCN(CC4CCC4)C3=O)C2)cs1. The Labute approximate surface area is 147 Å². The summed E-state index contributed by atoms with van der Waals surface area (Å²) in [6, 6.07) is 0. The van der Waals surface area contributed by atoms with Crippen molar-refractivity contribution >= 4 is 23.2 Å². The van der Waals surface area contributed by atoms with Gasteiger partial charge in [0, 0.05) is 31.6 Å². The van der Waals surface area contributed by atoms with E-state index in [2.05, 4.69) is 9.88 Å². The molecule has 0 bridgehead atoms. The van der Waals surface area contributed by atoms with Gasteiger partial charge in [-0.2, -0.15) is 0 Å². The maximum Gasteiger partial charge on any atom is 0.273 e. The maximum atomic E-state index is 13.1. The van der Waals surface area contributed by atoms with Crippen molar-refractivity contribution in [1.29, 1.82) is 0 Å². The van der Waals surface area contributed by atoms with Gasteiger partial charge in [0.1, 0.15) is 5.69 Å². The van der Waals surface area contributed by atoms with Gasteiger partial charge in [-0.05, 0) is 44.9 Å². The van der Waals surface area contributed by atoms with Crippen molar-refractivity contribution in [3.05, 3.63) is 16.1 Å². The van der Waals surface area contributed by atoms with Crippen LogP contribution in [0.15, 0.2) is 5.38 Å². The van der Waals surface area contributed by atoms with Crippen LogP contribution in [0.4, 0.5) is 0 Å². The quantitative estimate of drug-likeness (QED) is 0.845. The van der Waals surface area contributed by atoms with Gasteiger partial charge < -0.3 is 9.80 Å². The first-order valence-corrected chi connectivity index (χ1v) is 9.96. The Morgan fingerprint density at radius 3 is 2.83 bits per heavy atom. The molecule has 24 heavy (non-hydrogen) atoms. The van der Waals surface area contributed by atoms with E-state index in [9.17, 15) is 9.59 Å². The molecule has 0 radical (unpaired) electrons. The predicted molar refractivity (Wildman–Crippen MR) is 93.0 cm³/mol. The van der Waals surface area contributed by atoms with Crippen LogP contribution in [0, 0.1) is 18.3 Å². The smallest absolute Gasteiger partial charge is 0.273 e. The Morgan fingerprint density at radius 2 is 2.17 bits per heavy atom. The van der Waals surface area contributed by atoms with Crippen molar-refractivity contribution in [2.24, 2.45) is 11.3 Å². The lowest BCUT2D eigenvalue weighted by atomic mass is 9.77. The van der Waals surface area contributed by atoms with Crippen LogP contribution in [-0.2, 0) is 4.79 Å². The molecule has 1 atom stereocenters. The highest BCUT2D eigenvalue weighted by atomic mass is 32.1. The van der Waals surface area contributed by atoms with Crippen molar-refractivity contribution in [3.8, 4) is 0 Å². The molecule has 3 heterocycles. The molecule has 2 saturated heterocycles. The first kappa shape index (κ1) is 16.1. The Morgan fingerprint density at radius 1 is 1.33 bits per heavy atom. The van der Waals surface area contributed by atoms with Crippen LogP contribution in [0.1, 0.15) is 54.0 Å². The minimum absolute atomic E-state index is 0.0138. The average Bonchev–Trinajstić information content (AvgIpc) is 3.14. The molecule has 1 aromatic rings. The van der Waals surface area contributed by atoms with Crippen molar-refractivity contribution in [2.75, 3.05) is 26.2 Å². The predicted octanol–water partition coefficient (Wildman–Crippen LogP) is 2.71. The lowest BCUT2D eigenvalue weighted by Gasteiger charge is -2.42. The summed E-state index contributed by atoms with van der Waals surface area (Å²) < 4.78 is 0. The summed E-state index contributed by atoms with van der Waals surface area (Å²) in [5.41, 5.74) is 0.201. The van der Waals surface area contributed by atoms with Crippen molar-refractivity contribution < 1.29 is 9.59 Å². The highest BCUT2D eigenvalue weighted by Gasteiger charge is 2.49. The fourth-order valence-electron chi connectivity index (χ4n) is 4.36. The van der Waals surface area contributed by atoms with Gasteiger partial charge in [0.25, 0.3) is 5.91 Å². The molecule has 130 valence electrons. The zero-order chi connectivity index (χ0) is 16.7. The topological polar surface area (TPSA) is 53.5 Å². The van der Waals surface area contributed by atoms with Crippen molar-refractivity contribution in [2.45, 2.75) is 45.4 Å². The largest absolute Gasteiger partial charge is 0.342 e. The van der Waals surface area contributed by atoms with E-state index in [1.54, 1.807) is 0 Å². The van der Waals surface area contributed by atoms with Gasteiger partial charge in [-0.1, -0.05) is 6.42 Å². The summed E-state index contributed by atoms with van der Waals surface area (Å²) in [5, 5.41) is 2.74. The molecular weight excluding hydrogens is 322 g/mol. The molecule has 2 aliphatic heterocycles. The van der Waals surface area contributed by atoms with E-state index < -0.39 is 0 Å². The second-order valence-corrected chi connectivity index (χ2v) is 8.72. The number of nitrogens with zero attached hydrogens (tertiary/aromatic N) is 3. The van der Waals surface area contributed by atoms with Crippen LogP contribution in [0.3, 0.4) is 0 Å². The third-order valence-corrected chi connectivity index (χ3v) is 6.78. The molecular formula is C18H25N3O2S. The van der Waals surface area contributed by atoms with Crippen LogP contribution in [0.25, 0.3) is 0 Å². The minimum atomic E-state index is -0.331. The van der Waals surface area contributed by atoms with Gasteiger partial charge in [0.15, 0.2) is 0 Å². The van der Waals surface area contributed by atoms with E-state index in [1.165, 1.54) is 30.6 Å². The Bertz CT molecular complexity index is 654. The van der Waals surface area contributed by atoms with Gasteiger partial charge >= 0.3 is 0 Å². The number of piperidine rings is 1. The Kier molecular flexibility index (Phi) is 4.11. The summed E-state index contributed by atoms with van der Waals surface area (Å²) >= 11 is 1.50. The molecule has 2 amide bonds. The zero-order valence-electron chi connectivity index (χ0n) is 14.3. The van der Waals surface area contributed by atoms with Gasteiger partial charge in [0.2, 0.25) is 5.91 Å². The number of carbonyl (C=O) groups excluding carboxylic acids is 2. The van der Waals surface area contributed by atoms with E-state index >= 15 is 0 Å². The summed E-state index contributed by atoms with van der Waals surface area (Å²) in [6.45, 7) is 4.99. The molecule has 1 aromatic heterocycles. The third-order valence-electron chi connectivity index (χ3n) is 6.01. The number of hydrogen-bond donors (Lipinski definition) is 0. The van der Waals surface area contributed by atoms with Crippen LogP contribution in [0.5, 0.6) is 0 Å². The molecule has 1 spiro atoms. The molecule has 4 rings (SSSR count). The first-order valence-electron chi connectivity index (χ1n) is 9.08. The number of thiazole rings is 1. The number of likely N-dealkylation sites (tertiary alicyclic amines) is 2. The fourth-order valence-corrected chi connectivity index (χ4v) is 4.95. The second kappa shape index (κ2) is 6.14. The van der Waals surface area contributed by atoms with Crippen molar-refractivity contribution in [1.82, 2.24) is 14.8 Å². The number of amides is 2. The van der Waals surface area contributed by atoms with E-state index in [1.807, 2.05) is 17.2 Å². The van der Waals surface area contributed by atoms with E-state index in [0.717, 1.165) is 37.4 Å². The highest BCUT2D eigenvalue weighted by Crippen LogP contribution is 2.41.